The van der Waals surface area contributed by atoms with Crippen molar-refractivity contribution >= 4 is 7.32 Å². The van der Waals surface area contributed by atoms with E-state index in [9.17, 15) is 4.39 Å². The van der Waals surface area contributed by atoms with Gasteiger partial charge in [-0.3, -0.25) is 4.39 Å². The van der Waals surface area contributed by atoms with Crippen LogP contribution in [0.15, 0.2) is 0 Å². The molecule has 0 aromatic rings. The zero-order chi connectivity index (χ0) is 5.58. The molecule has 0 atom stereocenters. The van der Waals surface area contributed by atoms with Crippen molar-refractivity contribution in [3.05, 3.63) is 0 Å². The summed E-state index contributed by atoms with van der Waals surface area (Å²) in [5, 5.41) is 21.5. The van der Waals surface area contributed by atoms with Crippen molar-refractivity contribution in [1.29, 1.82) is 0 Å². The Hall–Kier alpha value is 0.615. The second-order valence-electron chi connectivity index (χ2n) is 0.346. The van der Waals surface area contributed by atoms with E-state index in [0.29, 0.717) is 7.18 Å². The Morgan fingerprint density at radius 3 is 1.14 bits per heavy atom. The van der Waals surface area contributed by atoms with Crippen LogP contribution in [0.5, 0.6) is 0 Å². The van der Waals surface area contributed by atoms with E-state index < -0.39 is 7.32 Å². The maximum Gasteiger partial charge on any atom is 0.631 e. The number of hydrogen-bond donors (Lipinski definition) is 3. The van der Waals surface area contributed by atoms with E-state index >= 15 is 0 Å². The zero-order valence-electron chi connectivity index (χ0n) is 3.74. The van der Waals surface area contributed by atoms with E-state index in [0.717, 1.165) is 0 Å². The van der Waals surface area contributed by atoms with Gasteiger partial charge in [-0.1, -0.05) is 0 Å². The van der Waals surface area contributed by atoms with Crippen LogP contribution in [-0.4, -0.2) is 29.6 Å². The molecule has 7 heavy (non-hydrogen) atoms. The summed E-state index contributed by atoms with van der Waals surface area (Å²) in [7, 11) is -1.67. The van der Waals surface area contributed by atoms with Crippen LogP contribution in [0.2, 0.25) is 0 Å². The predicted molar refractivity (Wildman–Crippen MR) is 19.4 cm³/mol. The van der Waals surface area contributed by atoms with Crippen molar-refractivity contribution in [2.75, 3.05) is 7.18 Å². The molecule has 0 bridgehead atoms. The first-order chi connectivity index (χ1) is 2.73. The molecule has 0 amide bonds. The number of rotatable bonds is 0. The number of hydrogen-bond acceptors (Lipinski definition) is 3. The summed E-state index contributed by atoms with van der Waals surface area (Å²) < 4.78 is 9.50. The van der Waals surface area contributed by atoms with Crippen molar-refractivity contribution in [2.45, 2.75) is 0 Å². The average molecular weight is 277 g/mol. The minimum Gasteiger partial charge on any atom is -0.402 e. The number of alkyl halides is 1. The molecule has 0 aromatic carbocycles. The molecule has 0 rings (SSSR count). The molecule has 0 unspecified atom stereocenters. The third kappa shape index (κ3) is 372. The van der Waals surface area contributed by atoms with Crippen molar-refractivity contribution in [3.63, 3.8) is 0 Å². The van der Waals surface area contributed by atoms with Gasteiger partial charge in [0.25, 0.3) is 0 Å². The Kier molecular flexibility index (Phi) is 35.7. The molecule has 0 aliphatic carbocycles. The van der Waals surface area contributed by atoms with Gasteiger partial charge in [0.1, 0.15) is 0 Å². The first-order valence-corrected chi connectivity index (χ1v) is 1.15. The summed E-state index contributed by atoms with van der Waals surface area (Å²) in [6, 6.07) is 0. The van der Waals surface area contributed by atoms with Crippen molar-refractivity contribution < 1.29 is 41.8 Å². The first kappa shape index (κ1) is 15.6. The summed E-state index contributed by atoms with van der Waals surface area (Å²) in [5.74, 6) is 0. The molecule has 0 saturated heterocycles. The van der Waals surface area contributed by atoms with Crippen LogP contribution in [0.1, 0.15) is 0 Å². The van der Waals surface area contributed by atoms with Crippen molar-refractivity contribution in [1.82, 2.24) is 0 Å². The average Bonchev–Trinajstić information content (AvgIpc) is 1.41. The molecule has 0 aliphatic heterocycles. The molecule has 0 fully saturated rings. The Labute approximate surface area is 56.9 Å². The third-order valence-corrected chi connectivity index (χ3v) is 0. The summed E-state index contributed by atoms with van der Waals surface area (Å²) in [6.45, 7) is 0. The molecule has 43 valence electrons. The third-order valence-electron chi connectivity index (χ3n) is 0. The van der Waals surface area contributed by atoms with Crippen molar-refractivity contribution in [2.24, 2.45) is 0 Å². The van der Waals surface area contributed by atoms with Gasteiger partial charge in [0, 0.05) is 22.4 Å². The molecule has 0 spiro atoms. The minimum atomic E-state index is -2.17. The summed E-state index contributed by atoms with van der Waals surface area (Å²) in [4.78, 5) is 0. The van der Waals surface area contributed by atoms with Gasteiger partial charge < -0.3 is 15.1 Å². The van der Waals surface area contributed by atoms with E-state index in [1.165, 1.54) is 0 Å². The van der Waals surface area contributed by atoms with E-state index in [2.05, 4.69) is 0 Å². The number of halogens is 1. The molecule has 3 nitrogen and oxygen atoms in total. The van der Waals surface area contributed by atoms with Crippen LogP contribution >= 0.6 is 0 Å². The van der Waals surface area contributed by atoms with Crippen molar-refractivity contribution in [3.8, 4) is 0 Å². The van der Waals surface area contributed by atoms with Crippen LogP contribution < -0.4 is 0 Å². The summed E-state index contributed by atoms with van der Waals surface area (Å²) in [6.07, 6.45) is 0. The van der Waals surface area contributed by atoms with E-state index in [1.54, 1.807) is 0 Å². The molecule has 3 N–H and O–H groups in total. The van der Waals surface area contributed by atoms with Gasteiger partial charge in [0.15, 0.2) is 0 Å². The fourth-order valence-electron chi connectivity index (χ4n) is 0. The van der Waals surface area contributed by atoms with Crippen LogP contribution in [0.25, 0.3) is 0 Å². The Bertz CT molecular complexity index is 19.7. The fourth-order valence-corrected chi connectivity index (χ4v) is 0. The Balaban J connectivity index is -0.0000000480. The standard InChI is InChI=1S/CH3F.BH3O3.Ta/c1-2;2-1(3)4;/h1H3;2-4H;. The van der Waals surface area contributed by atoms with Crippen LogP contribution in [0.4, 0.5) is 4.39 Å². The molecule has 6 heteroatoms. The topological polar surface area (TPSA) is 60.7 Å². The second kappa shape index (κ2) is 16.0. The zero-order valence-corrected chi connectivity index (χ0v) is 6.96. The van der Waals surface area contributed by atoms with Gasteiger partial charge in [0.05, 0.1) is 7.18 Å². The molecule has 0 heterocycles. The predicted octanol–water partition coefficient (Wildman–Crippen LogP) is -1.47. The monoisotopic (exact) mass is 277 g/mol. The van der Waals surface area contributed by atoms with E-state index in [-0.39, 0.29) is 22.4 Å². The maximum atomic E-state index is 9.50. The van der Waals surface area contributed by atoms with E-state index in [1.807, 2.05) is 0 Å². The smallest absolute Gasteiger partial charge is 0.402 e. The van der Waals surface area contributed by atoms with Gasteiger partial charge >= 0.3 is 7.32 Å². The molecule has 0 aliphatic rings. The van der Waals surface area contributed by atoms with Gasteiger partial charge in [-0.15, -0.1) is 0 Å². The maximum absolute atomic E-state index is 9.50. The fraction of sp³-hybridized carbons (Fsp3) is 1.00. The summed E-state index contributed by atoms with van der Waals surface area (Å²) in [5.41, 5.74) is 0. The quantitative estimate of drug-likeness (QED) is 0.474. The first-order valence-electron chi connectivity index (χ1n) is 1.15. The van der Waals surface area contributed by atoms with Gasteiger partial charge in [0.2, 0.25) is 0 Å². The van der Waals surface area contributed by atoms with Crippen LogP contribution in [0.3, 0.4) is 0 Å². The largest absolute Gasteiger partial charge is 0.631 e. The normalized spacial score (nSPS) is 4.71. The van der Waals surface area contributed by atoms with Crippen LogP contribution in [0, 0.1) is 0 Å². The van der Waals surface area contributed by atoms with Crippen LogP contribution in [-0.2, 0) is 22.4 Å². The minimum absolute atomic E-state index is 0. The second-order valence-corrected chi connectivity index (χ2v) is 0.346. The van der Waals surface area contributed by atoms with Gasteiger partial charge in [-0.05, 0) is 0 Å². The molecule has 0 saturated carbocycles. The van der Waals surface area contributed by atoms with Gasteiger partial charge in [-0.25, -0.2) is 0 Å². The Morgan fingerprint density at radius 2 is 1.14 bits per heavy atom. The van der Waals surface area contributed by atoms with Gasteiger partial charge in [-0.2, -0.15) is 0 Å². The molecule has 1 radical (unpaired) electrons. The Morgan fingerprint density at radius 1 is 1.14 bits per heavy atom. The van der Waals surface area contributed by atoms with E-state index in [4.69, 9.17) is 15.1 Å². The SMILES string of the molecule is CF.OB(O)O.[Ta]. The molecular weight excluding hydrogens is 271 g/mol. The summed E-state index contributed by atoms with van der Waals surface area (Å²) >= 11 is 0. The molecule has 0 aromatic heterocycles. The molecular formula is CH6BFO3Ta.